The van der Waals surface area contributed by atoms with Crippen molar-refractivity contribution in [1.82, 2.24) is 9.99 Å². The molecule has 1 N–H and O–H groups in total. The predicted octanol–water partition coefficient (Wildman–Crippen LogP) is 5.97. The zero-order valence-electron chi connectivity index (χ0n) is 23.5. The first-order chi connectivity index (χ1) is 20.3. The maximum atomic E-state index is 13.7. The quantitative estimate of drug-likeness (QED) is 0.128. The highest BCUT2D eigenvalue weighted by Gasteiger charge is 2.29. The third-order valence-corrected chi connectivity index (χ3v) is 8.79. The van der Waals surface area contributed by atoms with E-state index >= 15 is 0 Å². The summed E-state index contributed by atoms with van der Waals surface area (Å²) in [5, 5.41) is 16.5. The van der Waals surface area contributed by atoms with Gasteiger partial charge in [-0.15, -0.1) is 0 Å². The minimum absolute atomic E-state index is 0.145. The SMILES string of the molecule is COc1ccc(N(CC(=O)N/N=C\c2cc(C)n(-c3cc(Cl)cc(Cl)c3)c2C)S(=O)(=O)c2ccc(C)c([N+](=O)[O-])c2)cc1. The Hall–Kier alpha value is -4.39. The first-order valence-corrected chi connectivity index (χ1v) is 14.9. The molecule has 0 aliphatic carbocycles. The number of nitro groups is 1. The fourth-order valence-corrected chi connectivity index (χ4v) is 6.42. The molecule has 0 saturated heterocycles. The van der Waals surface area contributed by atoms with Gasteiger partial charge in [0, 0.05) is 44.3 Å². The molecule has 0 unspecified atom stereocenters. The summed E-state index contributed by atoms with van der Waals surface area (Å²) in [6, 6.07) is 16.6. The number of carbonyl (C=O) groups excluding carboxylic acids is 1. The number of amides is 1. The van der Waals surface area contributed by atoms with Crippen molar-refractivity contribution in [3.8, 4) is 11.4 Å². The summed E-state index contributed by atoms with van der Waals surface area (Å²) < 4.78 is 35.3. The van der Waals surface area contributed by atoms with E-state index in [1.54, 1.807) is 18.2 Å². The molecule has 1 heterocycles. The number of aromatic nitrogens is 1. The molecule has 0 aliphatic heterocycles. The average Bonchev–Trinajstić information content (AvgIpc) is 3.23. The van der Waals surface area contributed by atoms with Crippen LogP contribution in [-0.2, 0) is 14.8 Å². The van der Waals surface area contributed by atoms with Gasteiger partial charge >= 0.3 is 0 Å². The summed E-state index contributed by atoms with van der Waals surface area (Å²) in [4.78, 5) is 23.5. The number of carbonyl (C=O) groups is 1. The van der Waals surface area contributed by atoms with Crippen molar-refractivity contribution in [1.29, 1.82) is 0 Å². The van der Waals surface area contributed by atoms with E-state index in [0.717, 1.165) is 27.4 Å². The molecule has 1 aromatic heterocycles. The van der Waals surface area contributed by atoms with E-state index in [2.05, 4.69) is 10.5 Å². The van der Waals surface area contributed by atoms with Crippen molar-refractivity contribution >= 4 is 56.7 Å². The van der Waals surface area contributed by atoms with Gasteiger partial charge in [-0.3, -0.25) is 19.2 Å². The van der Waals surface area contributed by atoms with E-state index in [4.69, 9.17) is 27.9 Å². The second-order valence-electron chi connectivity index (χ2n) is 9.50. The highest BCUT2D eigenvalue weighted by Crippen LogP contribution is 2.29. The van der Waals surface area contributed by atoms with Crippen LogP contribution in [0.15, 0.2) is 76.7 Å². The van der Waals surface area contributed by atoms with E-state index in [9.17, 15) is 23.3 Å². The van der Waals surface area contributed by atoms with Gasteiger partial charge in [0.1, 0.15) is 12.3 Å². The highest BCUT2D eigenvalue weighted by molar-refractivity contribution is 7.92. The van der Waals surface area contributed by atoms with Crippen LogP contribution in [0, 0.1) is 30.9 Å². The van der Waals surface area contributed by atoms with Crippen LogP contribution in [0.2, 0.25) is 10.0 Å². The van der Waals surface area contributed by atoms with Crippen LogP contribution >= 0.6 is 23.2 Å². The standard InChI is InChI=1S/C29H27Cl2N5O6S/c1-18-5-10-27(15-28(18)36(38)39)43(40,41)34(24-6-8-26(42-4)9-7-24)17-29(37)33-32-16-21-11-19(2)35(20(21)3)25-13-22(30)12-23(31)14-25/h5-16H,17H2,1-4H3,(H,33,37)/b32-16-. The summed E-state index contributed by atoms with van der Waals surface area (Å²) in [5.74, 6) is -0.272. The Morgan fingerprint density at radius 3 is 2.30 bits per heavy atom. The Kier molecular flexibility index (Phi) is 9.43. The highest BCUT2D eigenvalue weighted by atomic mass is 35.5. The second kappa shape index (κ2) is 12.9. The lowest BCUT2D eigenvalue weighted by Crippen LogP contribution is -2.39. The van der Waals surface area contributed by atoms with Gasteiger partial charge in [-0.1, -0.05) is 29.3 Å². The van der Waals surface area contributed by atoms with Gasteiger partial charge in [-0.25, -0.2) is 13.8 Å². The first-order valence-electron chi connectivity index (χ1n) is 12.7. The number of nitrogens with one attached hydrogen (secondary N) is 1. The van der Waals surface area contributed by atoms with Crippen LogP contribution in [0.4, 0.5) is 11.4 Å². The third-order valence-electron chi connectivity index (χ3n) is 6.58. The molecule has 0 bridgehead atoms. The maximum absolute atomic E-state index is 13.7. The predicted molar refractivity (Wildman–Crippen MR) is 166 cm³/mol. The fourth-order valence-electron chi connectivity index (χ4n) is 4.46. The fraction of sp³-hybridized carbons (Fsp3) is 0.172. The molecule has 224 valence electrons. The van der Waals surface area contributed by atoms with Crippen LogP contribution in [-0.4, -0.2) is 43.7 Å². The number of nitrogens with zero attached hydrogens (tertiary/aromatic N) is 4. The minimum atomic E-state index is -4.41. The number of sulfonamides is 1. The molecule has 43 heavy (non-hydrogen) atoms. The van der Waals surface area contributed by atoms with Gasteiger partial charge < -0.3 is 9.30 Å². The van der Waals surface area contributed by atoms with Crippen molar-refractivity contribution in [3.05, 3.63) is 109 Å². The maximum Gasteiger partial charge on any atom is 0.273 e. The summed E-state index contributed by atoms with van der Waals surface area (Å²) in [7, 11) is -2.95. The molecule has 0 saturated carbocycles. The number of halogens is 2. The molecular formula is C29H27Cl2N5O6S. The Bertz CT molecular complexity index is 1820. The Morgan fingerprint density at radius 1 is 1.05 bits per heavy atom. The van der Waals surface area contributed by atoms with Gasteiger partial charge in [0.15, 0.2) is 0 Å². The molecule has 0 fully saturated rings. The molecule has 0 atom stereocenters. The smallest absolute Gasteiger partial charge is 0.273 e. The number of methoxy groups -OCH3 is 1. The van der Waals surface area contributed by atoms with Gasteiger partial charge in [0.05, 0.1) is 28.8 Å². The number of anilines is 1. The number of hydrazone groups is 1. The Balaban J connectivity index is 1.60. The number of hydrogen-bond acceptors (Lipinski definition) is 7. The summed E-state index contributed by atoms with van der Waals surface area (Å²) in [6.07, 6.45) is 1.44. The topological polar surface area (TPSA) is 136 Å². The molecule has 0 spiro atoms. The first kappa shape index (κ1) is 31.5. The van der Waals surface area contributed by atoms with E-state index < -0.39 is 27.4 Å². The number of hydrogen-bond donors (Lipinski definition) is 1. The van der Waals surface area contributed by atoms with Crippen LogP contribution in [0.25, 0.3) is 5.69 Å². The lowest BCUT2D eigenvalue weighted by atomic mass is 10.2. The number of rotatable bonds is 10. The molecule has 3 aromatic carbocycles. The molecule has 11 nitrogen and oxygen atoms in total. The summed E-state index contributed by atoms with van der Waals surface area (Å²) in [6.45, 7) is 4.60. The average molecular weight is 645 g/mol. The summed E-state index contributed by atoms with van der Waals surface area (Å²) in [5.41, 5.74) is 5.58. The molecular weight excluding hydrogens is 617 g/mol. The lowest BCUT2D eigenvalue weighted by molar-refractivity contribution is -0.385. The van der Waals surface area contributed by atoms with E-state index in [0.29, 0.717) is 26.9 Å². The lowest BCUT2D eigenvalue weighted by Gasteiger charge is -2.24. The number of benzene rings is 3. The zero-order chi connectivity index (χ0) is 31.5. The molecule has 1 amide bonds. The van der Waals surface area contributed by atoms with Gasteiger partial charge in [0.2, 0.25) is 0 Å². The van der Waals surface area contributed by atoms with Crippen molar-refractivity contribution in [3.63, 3.8) is 0 Å². The van der Waals surface area contributed by atoms with Gasteiger partial charge in [-0.05, 0) is 75.4 Å². The van der Waals surface area contributed by atoms with Gasteiger partial charge in [-0.2, -0.15) is 5.10 Å². The van der Waals surface area contributed by atoms with E-state index in [-0.39, 0.29) is 16.3 Å². The molecule has 4 aromatic rings. The van der Waals surface area contributed by atoms with Gasteiger partial charge in [0.25, 0.3) is 21.6 Å². The van der Waals surface area contributed by atoms with Crippen molar-refractivity contribution in [2.75, 3.05) is 18.0 Å². The largest absolute Gasteiger partial charge is 0.497 e. The Labute approximate surface area is 258 Å². The number of ether oxygens (including phenoxy) is 1. The monoisotopic (exact) mass is 643 g/mol. The third kappa shape index (κ3) is 6.99. The zero-order valence-corrected chi connectivity index (χ0v) is 25.9. The van der Waals surface area contributed by atoms with Crippen LogP contribution in [0.5, 0.6) is 5.75 Å². The minimum Gasteiger partial charge on any atom is -0.497 e. The molecule has 4 rings (SSSR count). The van der Waals surface area contributed by atoms with E-state index in [1.165, 1.54) is 56.6 Å². The number of nitro benzene ring substituents is 1. The second-order valence-corrected chi connectivity index (χ2v) is 12.2. The van der Waals surface area contributed by atoms with Crippen LogP contribution in [0.3, 0.4) is 0 Å². The Morgan fingerprint density at radius 2 is 1.70 bits per heavy atom. The summed E-state index contributed by atoms with van der Waals surface area (Å²) >= 11 is 12.4. The van der Waals surface area contributed by atoms with Crippen molar-refractivity contribution < 1.29 is 22.9 Å². The molecule has 0 radical (unpaired) electrons. The van der Waals surface area contributed by atoms with Crippen molar-refractivity contribution in [2.24, 2.45) is 5.10 Å². The van der Waals surface area contributed by atoms with Crippen molar-refractivity contribution in [2.45, 2.75) is 25.7 Å². The van der Waals surface area contributed by atoms with Crippen LogP contribution < -0.4 is 14.5 Å². The molecule has 14 heteroatoms. The number of aryl methyl sites for hydroxylation is 2. The molecule has 0 aliphatic rings. The normalized spacial score (nSPS) is 11.5. The van der Waals surface area contributed by atoms with Crippen LogP contribution in [0.1, 0.15) is 22.5 Å². The van der Waals surface area contributed by atoms with E-state index in [1.807, 2.05) is 24.5 Å².